The van der Waals surface area contributed by atoms with E-state index in [-0.39, 0.29) is 0 Å². The van der Waals surface area contributed by atoms with Crippen molar-refractivity contribution in [3.8, 4) is 0 Å². The number of likely N-dealkylation sites (N-methyl/N-ethyl adjacent to an activating group) is 1. The lowest BCUT2D eigenvalue weighted by atomic mass is 10.2. The van der Waals surface area contributed by atoms with Gasteiger partial charge in [-0.3, -0.25) is 0 Å². The summed E-state index contributed by atoms with van der Waals surface area (Å²) in [4.78, 5) is 0. The fourth-order valence-corrected chi connectivity index (χ4v) is 2.82. The van der Waals surface area contributed by atoms with E-state index in [4.69, 9.17) is 0 Å². The molecule has 0 aromatic carbocycles. The van der Waals surface area contributed by atoms with Gasteiger partial charge < -0.3 is 4.48 Å². The lowest BCUT2D eigenvalue weighted by Crippen LogP contribution is -2.48. The third kappa shape index (κ3) is 2.60. The van der Waals surface area contributed by atoms with E-state index in [1.165, 1.54) is 25.7 Å². The highest BCUT2D eigenvalue weighted by molar-refractivity contribution is 9.11. The molecule has 0 bridgehead atoms. The van der Waals surface area contributed by atoms with Crippen LogP contribution in [0.3, 0.4) is 0 Å². The van der Waals surface area contributed by atoms with Gasteiger partial charge in [0.2, 0.25) is 0 Å². The van der Waals surface area contributed by atoms with Gasteiger partial charge in [0.15, 0.2) is 0 Å². The Labute approximate surface area is 84.2 Å². The van der Waals surface area contributed by atoms with Gasteiger partial charge in [-0.2, -0.15) is 0 Å². The van der Waals surface area contributed by atoms with Crippen LogP contribution in [0.5, 0.6) is 0 Å². The quantitative estimate of drug-likeness (QED) is 0.657. The fourth-order valence-electron chi connectivity index (χ4n) is 2.17. The van der Waals surface area contributed by atoms with Crippen LogP contribution in [0.25, 0.3) is 0 Å². The summed E-state index contributed by atoms with van der Waals surface area (Å²) in [6.07, 6.45) is 5.63. The molecule has 0 amide bonds. The Morgan fingerprint density at radius 3 is 2.33 bits per heavy atom. The summed E-state index contributed by atoms with van der Waals surface area (Å²) < 4.78 is 2.23. The first-order valence-corrected chi connectivity index (χ1v) is 5.47. The number of quaternary nitrogens is 1. The Morgan fingerprint density at radius 2 is 1.92 bits per heavy atom. The molecule has 0 spiro atoms. The summed E-state index contributed by atoms with van der Waals surface area (Å²) in [5, 5.41) is 0. The number of rotatable bonds is 3. The van der Waals surface area contributed by atoms with E-state index >= 15 is 0 Å². The van der Waals surface area contributed by atoms with Crippen molar-refractivity contribution in [1.29, 1.82) is 0 Å². The predicted octanol–water partition coefficient (Wildman–Crippen LogP) is 2.91. The number of nitrogens with zero attached hydrogens (tertiary/aromatic N) is 1. The second-order valence-electron chi connectivity index (χ2n) is 4.39. The Hall–Kier alpha value is 0.180. The van der Waals surface area contributed by atoms with Crippen LogP contribution in [0.15, 0.2) is 11.1 Å². The summed E-state index contributed by atoms with van der Waals surface area (Å²) in [6.45, 7) is 4.97. The van der Waals surface area contributed by atoms with Crippen LogP contribution in [0.4, 0.5) is 0 Å². The van der Waals surface area contributed by atoms with Crippen LogP contribution < -0.4 is 0 Å². The van der Waals surface area contributed by atoms with E-state index in [1.54, 1.807) is 0 Å². The molecule has 1 rings (SSSR count). The van der Waals surface area contributed by atoms with Gasteiger partial charge in [0.25, 0.3) is 0 Å². The van der Waals surface area contributed by atoms with Crippen molar-refractivity contribution in [3.63, 3.8) is 0 Å². The third-order valence-corrected chi connectivity index (χ3v) is 3.14. The molecular weight excluding hydrogens is 214 g/mol. The van der Waals surface area contributed by atoms with Crippen molar-refractivity contribution >= 4 is 15.9 Å². The Bertz CT molecular complexity index is 169. The Kier molecular flexibility index (Phi) is 3.36. The van der Waals surface area contributed by atoms with Crippen LogP contribution >= 0.6 is 15.9 Å². The first-order chi connectivity index (χ1) is 5.52. The number of hydrogen-bond acceptors (Lipinski definition) is 0. The summed E-state index contributed by atoms with van der Waals surface area (Å²) in [5.74, 6) is 0. The minimum atomic E-state index is 0.860. The molecule has 0 aliphatic heterocycles. The third-order valence-electron chi connectivity index (χ3n) is 2.89. The molecule has 0 radical (unpaired) electrons. The maximum Gasteiger partial charge on any atom is 0.110 e. The first kappa shape index (κ1) is 10.3. The Morgan fingerprint density at radius 1 is 1.42 bits per heavy atom. The summed E-state index contributed by atoms with van der Waals surface area (Å²) in [7, 11) is 4.62. The molecule has 2 heteroatoms. The average Bonchev–Trinajstić information content (AvgIpc) is 2.32. The summed E-state index contributed by atoms with van der Waals surface area (Å²) in [6, 6.07) is 0.860. The van der Waals surface area contributed by atoms with Crippen LogP contribution in [0.1, 0.15) is 25.7 Å². The van der Waals surface area contributed by atoms with Crippen molar-refractivity contribution in [3.05, 3.63) is 11.1 Å². The zero-order chi connectivity index (χ0) is 9.19. The van der Waals surface area contributed by atoms with Crippen LogP contribution in [0, 0.1) is 0 Å². The molecule has 1 aliphatic carbocycles. The highest BCUT2D eigenvalue weighted by Gasteiger charge is 2.30. The molecule has 1 saturated carbocycles. The van der Waals surface area contributed by atoms with Gasteiger partial charge in [0.1, 0.15) is 6.54 Å². The largest absolute Gasteiger partial charge is 0.322 e. The fraction of sp³-hybridized carbons (Fsp3) is 0.800. The highest BCUT2D eigenvalue weighted by atomic mass is 79.9. The Balaban J connectivity index is 2.50. The number of hydrogen-bond donors (Lipinski definition) is 0. The van der Waals surface area contributed by atoms with Gasteiger partial charge in [0, 0.05) is 4.48 Å². The standard InChI is InChI=1S/C10H19BrN/c1-9(11)8-12(2,3)10-6-4-5-7-10/h10H,1,4-8H2,2-3H3/q+1. The van der Waals surface area contributed by atoms with Crippen molar-refractivity contribution in [1.82, 2.24) is 0 Å². The van der Waals surface area contributed by atoms with E-state index in [9.17, 15) is 0 Å². The second kappa shape index (κ2) is 3.93. The van der Waals surface area contributed by atoms with Gasteiger partial charge in [-0.05, 0) is 25.7 Å². The van der Waals surface area contributed by atoms with E-state index in [0.29, 0.717) is 0 Å². The van der Waals surface area contributed by atoms with Crippen molar-refractivity contribution in [2.75, 3.05) is 20.6 Å². The van der Waals surface area contributed by atoms with E-state index < -0.39 is 0 Å². The van der Waals surface area contributed by atoms with E-state index in [1.807, 2.05) is 0 Å². The van der Waals surface area contributed by atoms with Crippen molar-refractivity contribution < 1.29 is 4.48 Å². The molecule has 1 nitrogen and oxygen atoms in total. The van der Waals surface area contributed by atoms with Gasteiger partial charge in [-0.1, -0.05) is 22.5 Å². The predicted molar refractivity (Wildman–Crippen MR) is 57.3 cm³/mol. The molecule has 0 heterocycles. The molecule has 0 aromatic rings. The minimum absolute atomic E-state index is 0.860. The first-order valence-electron chi connectivity index (χ1n) is 4.68. The van der Waals surface area contributed by atoms with Crippen molar-refractivity contribution in [2.45, 2.75) is 31.7 Å². The van der Waals surface area contributed by atoms with Gasteiger partial charge in [0.05, 0.1) is 20.1 Å². The molecule has 0 saturated heterocycles. The van der Waals surface area contributed by atoms with E-state index in [2.05, 4.69) is 36.6 Å². The van der Waals surface area contributed by atoms with Gasteiger partial charge in [-0.15, -0.1) is 0 Å². The molecule has 12 heavy (non-hydrogen) atoms. The second-order valence-corrected chi connectivity index (χ2v) is 5.51. The molecule has 0 N–H and O–H groups in total. The molecule has 0 atom stereocenters. The molecule has 1 fully saturated rings. The summed E-state index contributed by atoms with van der Waals surface area (Å²) >= 11 is 3.45. The van der Waals surface area contributed by atoms with Crippen LogP contribution in [-0.2, 0) is 0 Å². The normalized spacial score (nSPS) is 19.9. The zero-order valence-corrected chi connectivity index (χ0v) is 9.73. The molecule has 1 aliphatic rings. The maximum atomic E-state index is 3.91. The lowest BCUT2D eigenvalue weighted by Gasteiger charge is -2.35. The topological polar surface area (TPSA) is 0 Å². The summed E-state index contributed by atoms with van der Waals surface area (Å²) in [5.41, 5.74) is 0. The molecule has 0 unspecified atom stereocenters. The monoisotopic (exact) mass is 232 g/mol. The average molecular weight is 233 g/mol. The number of halogens is 1. The van der Waals surface area contributed by atoms with Gasteiger partial charge >= 0.3 is 0 Å². The zero-order valence-electron chi connectivity index (χ0n) is 8.15. The van der Waals surface area contributed by atoms with Crippen molar-refractivity contribution in [2.24, 2.45) is 0 Å². The van der Waals surface area contributed by atoms with E-state index in [0.717, 1.165) is 21.6 Å². The minimum Gasteiger partial charge on any atom is -0.322 e. The maximum absolute atomic E-state index is 3.91. The highest BCUT2D eigenvalue weighted by Crippen LogP contribution is 2.27. The van der Waals surface area contributed by atoms with Crippen LogP contribution in [0.2, 0.25) is 0 Å². The molecule has 70 valence electrons. The SMILES string of the molecule is C=C(Br)C[N+](C)(C)C1CCCC1. The lowest BCUT2D eigenvalue weighted by molar-refractivity contribution is -0.909. The smallest absolute Gasteiger partial charge is 0.110 e. The van der Waals surface area contributed by atoms with Crippen LogP contribution in [-0.4, -0.2) is 31.2 Å². The molecular formula is C10H19BrN+. The molecule has 0 aromatic heterocycles. The van der Waals surface area contributed by atoms with Gasteiger partial charge in [-0.25, -0.2) is 0 Å².